The summed E-state index contributed by atoms with van der Waals surface area (Å²) in [7, 11) is 0. The normalized spacial score (nSPS) is 24.2. The van der Waals surface area contributed by atoms with Gasteiger partial charge in [0.05, 0.1) is 6.04 Å². The molecule has 1 saturated carbocycles. The first-order valence-electron chi connectivity index (χ1n) is 7.24. The van der Waals surface area contributed by atoms with Crippen molar-refractivity contribution in [1.29, 1.82) is 0 Å². The quantitative estimate of drug-likeness (QED) is 0.870. The summed E-state index contributed by atoms with van der Waals surface area (Å²) in [6.45, 7) is 3.89. The lowest BCUT2D eigenvalue weighted by atomic mass is 9.70. The first kappa shape index (κ1) is 12.7. The van der Waals surface area contributed by atoms with Crippen molar-refractivity contribution >= 4 is 5.91 Å². The van der Waals surface area contributed by atoms with E-state index in [2.05, 4.69) is 41.8 Å². The summed E-state index contributed by atoms with van der Waals surface area (Å²) in [5.41, 5.74) is 2.97. The third kappa shape index (κ3) is 2.66. The van der Waals surface area contributed by atoms with Gasteiger partial charge in [0, 0.05) is 13.1 Å². The van der Waals surface area contributed by atoms with Gasteiger partial charge < -0.3 is 10.6 Å². The van der Waals surface area contributed by atoms with Crippen molar-refractivity contribution < 1.29 is 4.79 Å². The Balaban J connectivity index is 1.57. The zero-order chi connectivity index (χ0) is 13.3. The van der Waals surface area contributed by atoms with Gasteiger partial charge in [-0.25, -0.2) is 0 Å². The molecule has 19 heavy (non-hydrogen) atoms. The van der Waals surface area contributed by atoms with E-state index in [9.17, 15) is 4.79 Å². The second-order valence-electron chi connectivity index (χ2n) is 6.29. The Morgan fingerprint density at radius 1 is 1.37 bits per heavy atom. The molecule has 1 amide bonds. The SMILES string of the molecule is CC1(CNC(=O)[C@H]2Cc3ccccc3CN2)CCC1. The summed E-state index contributed by atoms with van der Waals surface area (Å²) in [4.78, 5) is 12.2. The fraction of sp³-hybridized carbons (Fsp3) is 0.562. The number of hydrogen-bond donors (Lipinski definition) is 2. The highest BCUT2D eigenvalue weighted by Crippen LogP contribution is 2.39. The van der Waals surface area contributed by atoms with Crippen LogP contribution >= 0.6 is 0 Å². The number of benzene rings is 1. The van der Waals surface area contributed by atoms with Crippen LogP contribution in [-0.4, -0.2) is 18.5 Å². The molecule has 1 aliphatic heterocycles. The molecule has 102 valence electrons. The molecule has 0 radical (unpaired) electrons. The van der Waals surface area contributed by atoms with E-state index in [0.29, 0.717) is 5.41 Å². The zero-order valence-electron chi connectivity index (χ0n) is 11.5. The van der Waals surface area contributed by atoms with Crippen molar-refractivity contribution in [3.63, 3.8) is 0 Å². The van der Waals surface area contributed by atoms with E-state index < -0.39 is 0 Å². The van der Waals surface area contributed by atoms with E-state index in [4.69, 9.17) is 0 Å². The number of rotatable bonds is 3. The summed E-state index contributed by atoms with van der Waals surface area (Å²) < 4.78 is 0. The Kier molecular flexibility index (Phi) is 3.31. The summed E-state index contributed by atoms with van der Waals surface area (Å²) in [5, 5.41) is 6.46. The molecule has 3 heteroatoms. The molecule has 1 fully saturated rings. The van der Waals surface area contributed by atoms with Gasteiger partial charge in [0.1, 0.15) is 0 Å². The average Bonchev–Trinajstić information content (AvgIpc) is 2.42. The van der Waals surface area contributed by atoms with Gasteiger partial charge in [0.25, 0.3) is 0 Å². The summed E-state index contributed by atoms with van der Waals surface area (Å²) >= 11 is 0. The molecule has 0 saturated heterocycles. The molecule has 1 atom stereocenters. The van der Waals surface area contributed by atoms with Crippen LogP contribution in [0.4, 0.5) is 0 Å². The van der Waals surface area contributed by atoms with Crippen LogP contribution in [0.1, 0.15) is 37.3 Å². The number of carbonyl (C=O) groups excluding carboxylic acids is 1. The summed E-state index contributed by atoms with van der Waals surface area (Å²) in [6.07, 6.45) is 4.60. The van der Waals surface area contributed by atoms with Crippen molar-refractivity contribution in [2.45, 2.75) is 45.2 Å². The average molecular weight is 258 g/mol. The van der Waals surface area contributed by atoms with Gasteiger partial charge in [-0.1, -0.05) is 37.6 Å². The molecule has 2 aliphatic rings. The second-order valence-corrected chi connectivity index (χ2v) is 6.29. The Bertz CT molecular complexity index is 479. The molecule has 2 N–H and O–H groups in total. The molecule has 0 spiro atoms. The van der Waals surface area contributed by atoms with Crippen molar-refractivity contribution in [3.05, 3.63) is 35.4 Å². The molecular formula is C16H22N2O. The van der Waals surface area contributed by atoms with Crippen molar-refractivity contribution in [3.8, 4) is 0 Å². The van der Waals surface area contributed by atoms with Gasteiger partial charge in [-0.2, -0.15) is 0 Å². The number of hydrogen-bond acceptors (Lipinski definition) is 2. The smallest absolute Gasteiger partial charge is 0.237 e. The standard InChI is InChI=1S/C16H22N2O/c1-16(7-4-8-16)11-18-15(19)14-9-12-5-2-3-6-13(12)10-17-14/h2-3,5-6,14,17H,4,7-11H2,1H3,(H,18,19)/t14-/m1/s1. The molecule has 1 aromatic rings. The molecular weight excluding hydrogens is 236 g/mol. The van der Waals surface area contributed by atoms with Crippen molar-refractivity contribution in [2.75, 3.05) is 6.54 Å². The topological polar surface area (TPSA) is 41.1 Å². The van der Waals surface area contributed by atoms with Gasteiger partial charge in [0.15, 0.2) is 0 Å². The van der Waals surface area contributed by atoms with Crippen molar-refractivity contribution in [2.24, 2.45) is 5.41 Å². The molecule has 1 heterocycles. The number of nitrogens with one attached hydrogen (secondary N) is 2. The minimum absolute atomic E-state index is 0.0708. The van der Waals surface area contributed by atoms with Gasteiger partial charge in [-0.15, -0.1) is 0 Å². The fourth-order valence-corrected chi connectivity index (χ4v) is 3.02. The maximum absolute atomic E-state index is 12.2. The van der Waals surface area contributed by atoms with E-state index in [0.717, 1.165) is 19.5 Å². The minimum atomic E-state index is -0.0708. The van der Waals surface area contributed by atoms with Gasteiger partial charge in [-0.05, 0) is 35.8 Å². The van der Waals surface area contributed by atoms with Crippen LogP contribution in [-0.2, 0) is 17.8 Å². The molecule has 3 rings (SSSR count). The zero-order valence-corrected chi connectivity index (χ0v) is 11.5. The van der Waals surface area contributed by atoms with E-state index >= 15 is 0 Å². The highest BCUT2D eigenvalue weighted by molar-refractivity contribution is 5.82. The van der Waals surface area contributed by atoms with Crippen LogP contribution < -0.4 is 10.6 Å². The number of amides is 1. The summed E-state index contributed by atoms with van der Waals surface area (Å²) in [5.74, 6) is 0.155. The first-order chi connectivity index (χ1) is 9.16. The molecule has 0 bridgehead atoms. The van der Waals surface area contributed by atoms with Crippen molar-refractivity contribution in [1.82, 2.24) is 10.6 Å². The van der Waals surface area contributed by atoms with E-state index in [-0.39, 0.29) is 11.9 Å². The molecule has 3 nitrogen and oxygen atoms in total. The van der Waals surface area contributed by atoms with Crippen LogP contribution in [0.5, 0.6) is 0 Å². The second kappa shape index (κ2) is 4.97. The molecule has 1 aromatic carbocycles. The minimum Gasteiger partial charge on any atom is -0.354 e. The number of carbonyl (C=O) groups is 1. The van der Waals surface area contributed by atoms with Crippen LogP contribution in [0.15, 0.2) is 24.3 Å². The Morgan fingerprint density at radius 2 is 2.11 bits per heavy atom. The van der Waals surface area contributed by atoms with Crippen LogP contribution in [0.2, 0.25) is 0 Å². The predicted octanol–water partition coefficient (Wildman–Crippen LogP) is 2.01. The third-order valence-electron chi connectivity index (χ3n) is 4.65. The lowest BCUT2D eigenvalue weighted by Crippen LogP contribution is -2.50. The van der Waals surface area contributed by atoms with Gasteiger partial charge >= 0.3 is 0 Å². The van der Waals surface area contributed by atoms with E-state index in [1.807, 2.05) is 0 Å². The Labute approximate surface area is 114 Å². The van der Waals surface area contributed by atoms with E-state index in [1.165, 1.54) is 30.4 Å². The number of fused-ring (bicyclic) bond motifs is 1. The lowest BCUT2D eigenvalue weighted by Gasteiger charge is -2.39. The van der Waals surface area contributed by atoms with Gasteiger partial charge in [-0.3, -0.25) is 4.79 Å². The maximum Gasteiger partial charge on any atom is 0.237 e. The first-order valence-corrected chi connectivity index (χ1v) is 7.24. The molecule has 0 unspecified atom stereocenters. The third-order valence-corrected chi connectivity index (χ3v) is 4.65. The highest BCUT2D eigenvalue weighted by atomic mass is 16.2. The molecule has 1 aliphatic carbocycles. The summed E-state index contributed by atoms with van der Waals surface area (Å²) in [6, 6.07) is 8.29. The Morgan fingerprint density at radius 3 is 2.79 bits per heavy atom. The van der Waals surface area contributed by atoms with Crippen LogP contribution in [0.3, 0.4) is 0 Å². The Hall–Kier alpha value is -1.35. The predicted molar refractivity (Wildman–Crippen MR) is 75.7 cm³/mol. The monoisotopic (exact) mass is 258 g/mol. The maximum atomic E-state index is 12.2. The van der Waals surface area contributed by atoms with Crippen LogP contribution in [0, 0.1) is 5.41 Å². The van der Waals surface area contributed by atoms with Gasteiger partial charge in [0.2, 0.25) is 5.91 Å². The van der Waals surface area contributed by atoms with E-state index in [1.54, 1.807) is 0 Å². The fourth-order valence-electron chi connectivity index (χ4n) is 3.02. The highest BCUT2D eigenvalue weighted by Gasteiger charge is 2.33. The lowest BCUT2D eigenvalue weighted by molar-refractivity contribution is -0.124. The molecule has 0 aromatic heterocycles. The van der Waals surface area contributed by atoms with Crippen LogP contribution in [0.25, 0.3) is 0 Å². The largest absolute Gasteiger partial charge is 0.354 e.